The molecule has 3 aromatic heterocycles. The standard InChI is InChI=1S/C19H22N6/c1-14-8-22-19(23-14)18-11-21-10-17(24-18)16-5-3-7-25(13-16)12-15-4-2-6-20-9-15/h2,4,6,8-11,16H,3,5,7,12-13H2,1H3,(H,22,23)/t16-/m0/s1. The SMILES string of the molecule is Cc1cnc(-c2cncc([C@H]3CCCN(Cc4cccnc4)C3)n2)[nH]1. The molecule has 0 aliphatic carbocycles. The zero-order valence-electron chi connectivity index (χ0n) is 14.4. The topological polar surface area (TPSA) is 70.6 Å². The second kappa shape index (κ2) is 7.11. The van der Waals surface area contributed by atoms with E-state index in [0.29, 0.717) is 5.92 Å². The van der Waals surface area contributed by atoms with Crippen LogP contribution in [0.2, 0.25) is 0 Å². The molecule has 4 heterocycles. The molecular weight excluding hydrogens is 312 g/mol. The number of H-pyrrole nitrogens is 1. The van der Waals surface area contributed by atoms with Gasteiger partial charge in [0.1, 0.15) is 5.69 Å². The lowest BCUT2D eigenvalue weighted by atomic mass is 9.94. The minimum atomic E-state index is 0.411. The summed E-state index contributed by atoms with van der Waals surface area (Å²) in [5, 5.41) is 0. The molecule has 6 heteroatoms. The highest BCUT2D eigenvalue weighted by Gasteiger charge is 2.23. The van der Waals surface area contributed by atoms with E-state index in [2.05, 4.69) is 30.9 Å². The number of likely N-dealkylation sites (tertiary alicyclic amines) is 1. The van der Waals surface area contributed by atoms with E-state index in [1.165, 1.54) is 12.0 Å². The lowest BCUT2D eigenvalue weighted by Crippen LogP contribution is -2.34. The second-order valence-electron chi connectivity index (χ2n) is 6.68. The Balaban J connectivity index is 1.49. The minimum absolute atomic E-state index is 0.411. The average molecular weight is 334 g/mol. The Morgan fingerprint density at radius 2 is 2.16 bits per heavy atom. The van der Waals surface area contributed by atoms with Crippen LogP contribution in [0.15, 0.2) is 43.1 Å². The first-order chi connectivity index (χ1) is 12.3. The van der Waals surface area contributed by atoms with E-state index in [0.717, 1.165) is 49.0 Å². The molecule has 4 rings (SSSR count). The molecule has 1 aliphatic rings. The Kier molecular flexibility index (Phi) is 4.52. The van der Waals surface area contributed by atoms with Gasteiger partial charge in [0.2, 0.25) is 0 Å². The highest BCUT2D eigenvalue weighted by molar-refractivity contribution is 5.48. The number of hydrogen-bond donors (Lipinski definition) is 1. The van der Waals surface area contributed by atoms with Gasteiger partial charge in [-0.1, -0.05) is 6.07 Å². The predicted molar refractivity (Wildman–Crippen MR) is 95.8 cm³/mol. The molecule has 1 saturated heterocycles. The van der Waals surface area contributed by atoms with Crippen LogP contribution in [-0.2, 0) is 6.54 Å². The van der Waals surface area contributed by atoms with Crippen molar-refractivity contribution in [3.63, 3.8) is 0 Å². The molecule has 0 amide bonds. The molecule has 0 unspecified atom stereocenters. The Morgan fingerprint density at radius 3 is 2.96 bits per heavy atom. The Bertz CT molecular complexity index is 829. The van der Waals surface area contributed by atoms with Gasteiger partial charge >= 0.3 is 0 Å². The predicted octanol–water partition coefficient (Wildman–Crippen LogP) is 2.95. The largest absolute Gasteiger partial charge is 0.341 e. The zero-order chi connectivity index (χ0) is 17.1. The molecule has 0 spiro atoms. The molecule has 128 valence electrons. The van der Waals surface area contributed by atoms with E-state index < -0.39 is 0 Å². The van der Waals surface area contributed by atoms with Crippen LogP contribution in [0.1, 0.15) is 35.7 Å². The summed E-state index contributed by atoms with van der Waals surface area (Å²) in [4.78, 5) is 23.5. The Labute approximate surface area is 147 Å². The van der Waals surface area contributed by atoms with Crippen molar-refractivity contribution >= 4 is 0 Å². The fourth-order valence-corrected chi connectivity index (χ4v) is 3.43. The van der Waals surface area contributed by atoms with Gasteiger partial charge in [-0.05, 0) is 37.9 Å². The van der Waals surface area contributed by atoms with Crippen molar-refractivity contribution < 1.29 is 0 Å². The summed E-state index contributed by atoms with van der Waals surface area (Å²) < 4.78 is 0. The summed E-state index contributed by atoms with van der Waals surface area (Å²) in [6.07, 6.45) is 11.6. The van der Waals surface area contributed by atoms with Crippen molar-refractivity contribution in [1.82, 2.24) is 29.8 Å². The van der Waals surface area contributed by atoms with Crippen molar-refractivity contribution in [3.05, 3.63) is 60.1 Å². The number of rotatable bonds is 4. The molecule has 0 bridgehead atoms. The Morgan fingerprint density at radius 1 is 1.20 bits per heavy atom. The van der Waals surface area contributed by atoms with Crippen LogP contribution in [0.5, 0.6) is 0 Å². The maximum Gasteiger partial charge on any atom is 0.157 e. The number of pyridine rings is 1. The quantitative estimate of drug-likeness (QED) is 0.794. The summed E-state index contributed by atoms with van der Waals surface area (Å²) in [5.74, 6) is 1.20. The number of piperidine rings is 1. The fourth-order valence-electron chi connectivity index (χ4n) is 3.43. The summed E-state index contributed by atoms with van der Waals surface area (Å²) >= 11 is 0. The van der Waals surface area contributed by atoms with Gasteiger partial charge in [-0.15, -0.1) is 0 Å². The maximum absolute atomic E-state index is 4.83. The highest BCUT2D eigenvalue weighted by atomic mass is 15.1. The van der Waals surface area contributed by atoms with Crippen LogP contribution >= 0.6 is 0 Å². The number of imidazole rings is 1. The van der Waals surface area contributed by atoms with Crippen LogP contribution in [0.3, 0.4) is 0 Å². The van der Waals surface area contributed by atoms with Crippen LogP contribution in [0.25, 0.3) is 11.5 Å². The number of nitrogens with one attached hydrogen (secondary N) is 1. The normalized spacial score (nSPS) is 18.4. The van der Waals surface area contributed by atoms with E-state index >= 15 is 0 Å². The van der Waals surface area contributed by atoms with Gasteiger partial charge < -0.3 is 4.98 Å². The zero-order valence-corrected chi connectivity index (χ0v) is 14.4. The third kappa shape index (κ3) is 3.74. The minimum Gasteiger partial charge on any atom is -0.341 e. The van der Waals surface area contributed by atoms with E-state index in [1.54, 1.807) is 6.20 Å². The molecule has 1 N–H and O–H groups in total. The highest BCUT2D eigenvalue weighted by Crippen LogP contribution is 2.27. The second-order valence-corrected chi connectivity index (χ2v) is 6.68. The lowest BCUT2D eigenvalue weighted by Gasteiger charge is -2.32. The first-order valence-corrected chi connectivity index (χ1v) is 8.73. The van der Waals surface area contributed by atoms with E-state index in [1.807, 2.05) is 37.8 Å². The fraction of sp³-hybridized carbons (Fsp3) is 0.368. The molecule has 0 aromatic carbocycles. The third-order valence-electron chi connectivity index (χ3n) is 4.65. The summed E-state index contributed by atoms with van der Waals surface area (Å²) in [6, 6.07) is 4.13. The van der Waals surface area contributed by atoms with Crippen LogP contribution in [0, 0.1) is 6.92 Å². The average Bonchev–Trinajstić information content (AvgIpc) is 3.09. The van der Waals surface area contributed by atoms with Crippen LogP contribution < -0.4 is 0 Å². The van der Waals surface area contributed by atoms with E-state index in [-0.39, 0.29) is 0 Å². The third-order valence-corrected chi connectivity index (χ3v) is 4.65. The number of aromatic nitrogens is 5. The first-order valence-electron chi connectivity index (χ1n) is 8.73. The van der Waals surface area contributed by atoms with Gasteiger partial charge in [0.15, 0.2) is 5.82 Å². The van der Waals surface area contributed by atoms with Crippen LogP contribution in [0.4, 0.5) is 0 Å². The molecule has 0 saturated carbocycles. The van der Waals surface area contributed by atoms with Crippen molar-refractivity contribution in [3.8, 4) is 11.5 Å². The maximum atomic E-state index is 4.83. The number of nitrogens with zero attached hydrogens (tertiary/aromatic N) is 5. The summed E-state index contributed by atoms with van der Waals surface area (Å²) in [5.41, 5.74) is 4.16. The summed E-state index contributed by atoms with van der Waals surface area (Å²) in [6.45, 7) is 5.06. The van der Waals surface area contributed by atoms with E-state index in [4.69, 9.17) is 4.98 Å². The van der Waals surface area contributed by atoms with Crippen molar-refractivity contribution in [2.75, 3.05) is 13.1 Å². The van der Waals surface area contributed by atoms with Crippen molar-refractivity contribution in [1.29, 1.82) is 0 Å². The number of aryl methyl sites for hydroxylation is 1. The first kappa shape index (κ1) is 15.9. The van der Waals surface area contributed by atoms with E-state index in [9.17, 15) is 0 Å². The van der Waals surface area contributed by atoms with Crippen LogP contribution in [-0.4, -0.2) is 42.9 Å². The summed E-state index contributed by atoms with van der Waals surface area (Å²) in [7, 11) is 0. The van der Waals surface area contributed by atoms with Gasteiger partial charge in [-0.2, -0.15) is 0 Å². The smallest absolute Gasteiger partial charge is 0.157 e. The van der Waals surface area contributed by atoms with Gasteiger partial charge in [-0.3, -0.25) is 14.9 Å². The molecular formula is C19H22N6. The lowest BCUT2D eigenvalue weighted by molar-refractivity contribution is 0.198. The Hall–Kier alpha value is -2.60. The molecule has 0 radical (unpaired) electrons. The molecule has 6 nitrogen and oxygen atoms in total. The molecule has 25 heavy (non-hydrogen) atoms. The van der Waals surface area contributed by atoms with Gasteiger partial charge in [-0.25, -0.2) is 9.97 Å². The molecule has 1 aliphatic heterocycles. The molecule has 3 aromatic rings. The monoisotopic (exact) mass is 334 g/mol. The molecule has 1 atom stereocenters. The van der Waals surface area contributed by atoms with Crippen molar-refractivity contribution in [2.24, 2.45) is 0 Å². The van der Waals surface area contributed by atoms with Crippen molar-refractivity contribution in [2.45, 2.75) is 32.2 Å². The van der Waals surface area contributed by atoms with Gasteiger partial charge in [0, 0.05) is 49.5 Å². The number of hydrogen-bond acceptors (Lipinski definition) is 5. The number of aromatic amines is 1. The van der Waals surface area contributed by atoms with Gasteiger partial charge in [0.05, 0.1) is 11.9 Å². The van der Waals surface area contributed by atoms with Gasteiger partial charge in [0.25, 0.3) is 0 Å². The molecule has 1 fully saturated rings.